The fourth-order valence-electron chi connectivity index (χ4n) is 1.50. The lowest BCUT2D eigenvalue weighted by Gasteiger charge is -2.07. The van der Waals surface area contributed by atoms with Crippen LogP contribution in [0.3, 0.4) is 0 Å². The molecule has 2 rings (SSSR count). The lowest BCUT2D eigenvalue weighted by Crippen LogP contribution is -2.12. The molecule has 0 saturated carbocycles. The Morgan fingerprint density at radius 1 is 1.19 bits per heavy atom. The van der Waals surface area contributed by atoms with Crippen LogP contribution >= 0.6 is 11.6 Å². The Hall–Kier alpha value is -1.30. The number of sulfonamides is 1. The molecule has 0 amide bonds. The topological polar surface area (TPSA) is 80.4 Å². The molecule has 0 atom stereocenters. The van der Waals surface area contributed by atoms with Crippen molar-refractivity contribution in [1.29, 1.82) is 0 Å². The van der Waals surface area contributed by atoms with Crippen LogP contribution in [-0.2, 0) is 10.0 Å². The van der Waals surface area contributed by atoms with Gasteiger partial charge in [0.1, 0.15) is 10.6 Å². The van der Waals surface area contributed by atoms with E-state index in [9.17, 15) is 13.5 Å². The molecule has 0 fully saturated rings. The van der Waals surface area contributed by atoms with Crippen LogP contribution < -0.4 is 5.14 Å². The highest BCUT2D eigenvalue weighted by Crippen LogP contribution is 2.35. The first kappa shape index (κ1) is 11.2. The van der Waals surface area contributed by atoms with Crippen molar-refractivity contribution in [2.75, 3.05) is 0 Å². The Balaban J connectivity index is 2.97. The Morgan fingerprint density at radius 2 is 1.75 bits per heavy atom. The van der Waals surface area contributed by atoms with E-state index in [0.717, 1.165) is 6.07 Å². The highest BCUT2D eigenvalue weighted by Gasteiger charge is 2.17. The zero-order valence-electron chi connectivity index (χ0n) is 8.01. The maximum absolute atomic E-state index is 11.2. The van der Waals surface area contributed by atoms with Gasteiger partial charge in [-0.15, -0.1) is 0 Å². The summed E-state index contributed by atoms with van der Waals surface area (Å²) in [6, 6.07) is 7.73. The van der Waals surface area contributed by atoms with Crippen molar-refractivity contribution in [2.45, 2.75) is 4.90 Å². The van der Waals surface area contributed by atoms with Crippen LogP contribution in [0.15, 0.2) is 35.2 Å². The van der Waals surface area contributed by atoms with Crippen molar-refractivity contribution in [1.82, 2.24) is 0 Å². The normalized spacial score (nSPS) is 11.9. The van der Waals surface area contributed by atoms with E-state index >= 15 is 0 Å². The molecule has 0 spiro atoms. The molecular weight excluding hydrogens is 250 g/mol. The summed E-state index contributed by atoms with van der Waals surface area (Å²) in [6.45, 7) is 0. The summed E-state index contributed by atoms with van der Waals surface area (Å²) in [6.07, 6.45) is 0. The summed E-state index contributed by atoms with van der Waals surface area (Å²) in [4.78, 5) is -0.273. The van der Waals surface area contributed by atoms with E-state index in [1.54, 1.807) is 24.3 Å². The number of hydrogen-bond acceptors (Lipinski definition) is 3. The van der Waals surface area contributed by atoms with Crippen molar-refractivity contribution in [3.05, 3.63) is 35.4 Å². The maximum atomic E-state index is 11.2. The molecular formula is C10H8ClNO3S. The smallest absolute Gasteiger partial charge is 0.239 e. The molecule has 0 heterocycles. The summed E-state index contributed by atoms with van der Waals surface area (Å²) in [7, 11) is -3.94. The predicted molar refractivity (Wildman–Crippen MR) is 62.0 cm³/mol. The minimum absolute atomic E-state index is 0.0240. The number of nitrogens with two attached hydrogens (primary N) is 1. The molecule has 2 aromatic rings. The van der Waals surface area contributed by atoms with Gasteiger partial charge in [-0.25, -0.2) is 13.6 Å². The monoisotopic (exact) mass is 257 g/mol. The van der Waals surface area contributed by atoms with Gasteiger partial charge in [0, 0.05) is 16.8 Å². The van der Waals surface area contributed by atoms with Crippen LogP contribution in [0.25, 0.3) is 10.8 Å². The second-order valence-corrected chi connectivity index (χ2v) is 5.21. The second kappa shape index (κ2) is 3.62. The first-order valence-corrected chi connectivity index (χ1v) is 6.26. The molecule has 0 bridgehead atoms. The van der Waals surface area contributed by atoms with Crippen LogP contribution in [0.4, 0.5) is 0 Å². The van der Waals surface area contributed by atoms with Crippen LogP contribution in [0, 0.1) is 0 Å². The zero-order valence-corrected chi connectivity index (χ0v) is 9.59. The Kier molecular flexibility index (Phi) is 2.53. The van der Waals surface area contributed by atoms with Crippen molar-refractivity contribution < 1.29 is 13.5 Å². The van der Waals surface area contributed by atoms with Gasteiger partial charge in [0.05, 0.1) is 5.02 Å². The second-order valence-electron chi connectivity index (χ2n) is 3.30. The number of hydrogen-bond donors (Lipinski definition) is 2. The lowest BCUT2D eigenvalue weighted by atomic mass is 10.1. The number of aromatic hydroxyl groups is 1. The fraction of sp³-hybridized carbons (Fsp3) is 0. The van der Waals surface area contributed by atoms with Crippen molar-refractivity contribution in [2.24, 2.45) is 5.14 Å². The van der Waals surface area contributed by atoms with E-state index in [2.05, 4.69) is 0 Å². The number of halogens is 1. The van der Waals surface area contributed by atoms with Gasteiger partial charge in [-0.2, -0.15) is 0 Å². The maximum Gasteiger partial charge on any atom is 0.239 e. The van der Waals surface area contributed by atoms with E-state index in [1.165, 1.54) is 0 Å². The van der Waals surface area contributed by atoms with E-state index in [-0.39, 0.29) is 15.7 Å². The van der Waals surface area contributed by atoms with Gasteiger partial charge in [-0.3, -0.25) is 0 Å². The van der Waals surface area contributed by atoms with Gasteiger partial charge in [-0.05, 0) is 0 Å². The third-order valence-corrected chi connectivity index (χ3v) is 3.68. The Bertz CT molecular complexity index is 667. The summed E-state index contributed by atoms with van der Waals surface area (Å²) in [5, 5.41) is 15.6. The average molecular weight is 258 g/mol. The van der Waals surface area contributed by atoms with Crippen LogP contribution in [-0.4, -0.2) is 13.5 Å². The first-order valence-electron chi connectivity index (χ1n) is 4.34. The first-order chi connectivity index (χ1) is 7.41. The Labute approximate surface area is 97.3 Å². The Morgan fingerprint density at radius 3 is 2.31 bits per heavy atom. The molecule has 3 N–H and O–H groups in total. The predicted octanol–water partition coefficient (Wildman–Crippen LogP) is 1.85. The summed E-state index contributed by atoms with van der Waals surface area (Å²) >= 11 is 5.93. The number of benzene rings is 2. The molecule has 0 unspecified atom stereocenters. The third kappa shape index (κ3) is 1.73. The standard InChI is InChI=1S/C10H8ClNO3S/c11-10-7-4-2-1-3-6(7)8(13)5-9(10)16(12,14)15/h1-5,13H,(H2,12,14,15). The molecule has 2 aromatic carbocycles. The van der Waals surface area contributed by atoms with Gasteiger partial charge in [0.2, 0.25) is 10.0 Å². The molecule has 0 aliphatic carbocycles. The largest absolute Gasteiger partial charge is 0.507 e. The SMILES string of the molecule is NS(=O)(=O)c1cc(O)c2ccccc2c1Cl. The van der Waals surface area contributed by atoms with E-state index in [0.29, 0.717) is 10.8 Å². The molecule has 0 aliphatic heterocycles. The fourth-order valence-corrected chi connectivity index (χ4v) is 2.68. The van der Waals surface area contributed by atoms with Crippen molar-refractivity contribution >= 4 is 32.4 Å². The zero-order chi connectivity index (χ0) is 11.9. The highest BCUT2D eigenvalue weighted by molar-refractivity contribution is 7.89. The molecule has 6 heteroatoms. The van der Waals surface area contributed by atoms with Crippen molar-refractivity contribution in [3.63, 3.8) is 0 Å². The third-order valence-electron chi connectivity index (χ3n) is 2.23. The number of phenolic OH excluding ortho intramolecular Hbond substituents is 1. The van der Waals surface area contributed by atoms with Gasteiger partial charge >= 0.3 is 0 Å². The van der Waals surface area contributed by atoms with Gasteiger partial charge in [-0.1, -0.05) is 35.9 Å². The molecule has 0 saturated heterocycles. The molecule has 16 heavy (non-hydrogen) atoms. The van der Waals surface area contributed by atoms with E-state index < -0.39 is 10.0 Å². The van der Waals surface area contributed by atoms with Gasteiger partial charge in [0.25, 0.3) is 0 Å². The van der Waals surface area contributed by atoms with Crippen LogP contribution in [0.2, 0.25) is 5.02 Å². The quantitative estimate of drug-likeness (QED) is 0.818. The highest BCUT2D eigenvalue weighted by atomic mass is 35.5. The minimum atomic E-state index is -3.94. The van der Waals surface area contributed by atoms with E-state index in [4.69, 9.17) is 16.7 Å². The van der Waals surface area contributed by atoms with Gasteiger partial charge in [0.15, 0.2) is 0 Å². The van der Waals surface area contributed by atoms with Crippen LogP contribution in [0.1, 0.15) is 0 Å². The minimum Gasteiger partial charge on any atom is -0.507 e. The summed E-state index contributed by atoms with van der Waals surface area (Å²) in [5.74, 6) is -0.163. The number of rotatable bonds is 1. The molecule has 0 radical (unpaired) electrons. The number of fused-ring (bicyclic) bond motifs is 1. The molecule has 0 aliphatic rings. The summed E-state index contributed by atoms with van der Waals surface area (Å²) < 4.78 is 22.5. The lowest BCUT2D eigenvalue weighted by molar-refractivity contribution is 0.479. The molecule has 4 nitrogen and oxygen atoms in total. The van der Waals surface area contributed by atoms with E-state index in [1.807, 2.05) is 0 Å². The van der Waals surface area contributed by atoms with Gasteiger partial charge < -0.3 is 5.11 Å². The average Bonchev–Trinajstić information content (AvgIpc) is 2.22. The van der Waals surface area contributed by atoms with Crippen molar-refractivity contribution in [3.8, 4) is 5.75 Å². The summed E-state index contributed by atoms with van der Waals surface area (Å²) in [5.41, 5.74) is 0. The van der Waals surface area contributed by atoms with Crippen LogP contribution in [0.5, 0.6) is 5.75 Å². The number of phenols is 1. The number of primary sulfonamides is 1. The molecule has 84 valence electrons. The molecule has 0 aromatic heterocycles.